The largest absolute Gasteiger partial charge is 0.466 e. The number of hydrogen-bond donors (Lipinski definition) is 0. The zero-order valence-electron chi connectivity index (χ0n) is 17.1. The predicted molar refractivity (Wildman–Crippen MR) is 115 cm³/mol. The number of halogens is 2. The summed E-state index contributed by atoms with van der Waals surface area (Å²) in [5, 5.41) is 5.08. The van der Waals surface area contributed by atoms with Gasteiger partial charge in [-0.2, -0.15) is 5.10 Å². The second kappa shape index (κ2) is 8.03. The van der Waals surface area contributed by atoms with Crippen LogP contribution < -0.4 is 4.74 Å². The third kappa shape index (κ3) is 3.79. The quantitative estimate of drug-likeness (QED) is 0.479. The van der Waals surface area contributed by atoms with E-state index in [4.69, 9.17) is 4.74 Å². The monoisotopic (exact) mass is 434 g/mol. The fourth-order valence-corrected chi connectivity index (χ4v) is 3.87. The molecular weight excluding hydrogens is 414 g/mol. The van der Waals surface area contributed by atoms with Gasteiger partial charge < -0.3 is 9.64 Å². The van der Waals surface area contributed by atoms with Gasteiger partial charge in [0.25, 0.3) is 11.8 Å². The number of piperidine rings is 1. The Labute approximate surface area is 183 Å². The Kier molecular flexibility index (Phi) is 5.05. The minimum absolute atomic E-state index is 0.0652. The molecule has 1 saturated heterocycles. The number of carbonyl (C=O) groups is 1. The van der Waals surface area contributed by atoms with Gasteiger partial charge in [0.15, 0.2) is 6.10 Å². The molecule has 4 aromatic rings. The lowest BCUT2D eigenvalue weighted by Crippen LogP contribution is -2.55. The van der Waals surface area contributed by atoms with E-state index < -0.39 is 18.4 Å². The summed E-state index contributed by atoms with van der Waals surface area (Å²) in [5.41, 5.74) is 1.64. The van der Waals surface area contributed by atoms with Gasteiger partial charge >= 0.3 is 0 Å². The Morgan fingerprint density at radius 2 is 1.84 bits per heavy atom. The van der Waals surface area contributed by atoms with Crippen molar-refractivity contribution in [2.45, 2.75) is 18.4 Å². The fourth-order valence-electron chi connectivity index (χ4n) is 3.87. The van der Waals surface area contributed by atoms with Gasteiger partial charge in [0, 0.05) is 36.8 Å². The van der Waals surface area contributed by atoms with Crippen molar-refractivity contribution in [1.82, 2.24) is 19.7 Å². The summed E-state index contributed by atoms with van der Waals surface area (Å²) in [6.07, 6.45) is 1.36. The molecule has 0 radical (unpaired) electrons. The van der Waals surface area contributed by atoms with Crippen LogP contribution in [-0.2, 0) is 0 Å². The Balaban J connectivity index is 1.39. The van der Waals surface area contributed by atoms with E-state index in [1.165, 1.54) is 4.90 Å². The Hall–Kier alpha value is -3.81. The van der Waals surface area contributed by atoms with Gasteiger partial charge in [-0.3, -0.25) is 4.79 Å². The fraction of sp³-hybridized carbons (Fsp3) is 0.208. The van der Waals surface area contributed by atoms with Crippen LogP contribution in [0, 0.1) is 0 Å². The van der Waals surface area contributed by atoms with Crippen molar-refractivity contribution >= 4 is 16.8 Å². The number of benzene rings is 2. The first-order chi connectivity index (χ1) is 15.5. The van der Waals surface area contributed by atoms with Gasteiger partial charge in [0.05, 0.1) is 23.3 Å². The van der Waals surface area contributed by atoms with Gasteiger partial charge in [-0.1, -0.05) is 30.3 Å². The predicted octanol–water partition coefficient (Wildman–Crippen LogP) is 4.35. The van der Waals surface area contributed by atoms with Gasteiger partial charge in [-0.25, -0.2) is 18.4 Å². The van der Waals surface area contributed by atoms with Crippen LogP contribution >= 0.6 is 0 Å². The summed E-state index contributed by atoms with van der Waals surface area (Å²) in [4.78, 5) is 19.0. The summed E-state index contributed by atoms with van der Waals surface area (Å²) >= 11 is 0. The molecule has 2 aromatic heterocycles. The summed E-state index contributed by atoms with van der Waals surface area (Å²) in [6, 6.07) is 19.5. The highest BCUT2D eigenvalue weighted by Crippen LogP contribution is 2.32. The molecule has 2 aromatic carbocycles. The van der Waals surface area contributed by atoms with E-state index in [-0.39, 0.29) is 24.9 Å². The molecule has 162 valence electrons. The number of rotatable bonds is 4. The minimum Gasteiger partial charge on any atom is -0.466 e. The van der Waals surface area contributed by atoms with Crippen LogP contribution in [0.5, 0.6) is 5.88 Å². The first kappa shape index (κ1) is 20.1. The van der Waals surface area contributed by atoms with E-state index in [2.05, 4.69) is 10.1 Å². The molecule has 0 saturated carbocycles. The average molecular weight is 434 g/mol. The normalized spacial score (nSPS) is 17.9. The van der Waals surface area contributed by atoms with Gasteiger partial charge in [0.1, 0.15) is 0 Å². The number of ether oxygens (including phenoxy) is 1. The van der Waals surface area contributed by atoms with Gasteiger partial charge in [0.2, 0.25) is 5.88 Å². The average Bonchev–Trinajstić information content (AvgIpc) is 3.35. The molecule has 1 amide bonds. The van der Waals surface area contributed by atoms with Crippen LogP contribution in [0.4, 0.5) is 8.78 Å². The number of carbonyl (C=O) groups excluding carboxylic acids is 1. The SMILES string of the molecule is O=C(c1ccccc1-n1cccn1)N1CCC(F)(F)C(Oc2ccc3ccccc3n2)C1. The van der Waals surface area contributed by atoms with E-state index in [9.17, 15) is 13.6 Å². The zero-order chi connectivity index (χ0) is 22.1. The van der Waals surface area contributed by atoms with Crippen LogP contribution in [0.3, 0.4) is 0 Å². The molecule has 6 nitrogen and oxygen atoms in total. The number of likely N-dealkylation sites (tertiary alicyclic amines) is 1. The van der Waals surface area contributed by atoms with E-state index in [1.807, 2.05) is 18.2 Å². The highest BCUT2D eigenvalue weighted by Gasteiger charge is 2.47. The molecule has 5 rings (SSSR count). The number of nitrogens with zero attached hydrogens (tertiary/aromatic N) is 4. The number of aromatic nitrogens is 3. The number of pyridine rings is 1. The van der Waals surface area contributed by atoms with E-state index in [1.54, 1.807) is 65.6 Å². The summed E-state index contributed by atoms with van der Waals surface area (Å²) < 4.78 is 36.6. The summed E-state index contributed by atoms with van der Waals surface area (Å²) in [6.45, 7) is -0.307. The molecule has 0 N–H and O–H groups in total. The molecule has 0 spiro atoms. The smallest absolute Gasteiger partial charge is 0.287 e. The van der Waals surface area contributed by atoms with Crippen molar-refractivity contribution in [3.63, 3.8) is 0 Å². The second-order valence-electron chi connectivity index (χ2n) is 7.68. The van der Waals surface area contributed by atoms with Crippen molar-refractivity contribution in [3.05, 3.63) is 84.7 Å². The third-order valence-electron chi connectivity index (χ3n) is 5.58. The lowest BCUT2D eigenvalue weighted by molar-refractivity contribution is -0.131. The maximum Gasteiger partial charge on any atom is 0.287 e. The number of fused-ring (bicyclic) bond motifs is 1. The molecule has 0 bridgehead atoms. The second-order valence-corrected chi connectivity index (χ2v) is 7.68. The highest BCUT2D eigenvalue weighted by molar-refractivity contribution is 5.97. The lowest BCUT2D eigenvalue weighted by Gasteiger charge is -2.38. The van der Waals surface area contributed by atoms with Gasteiger partial charge in [-0.15, -0.1) is 0 Å². The molecule has 1 atom stereocenters. The molecule has 1 fully saturated rings. The van der Waals surface area contributed by atoms with Crippen LogP contribution in [0.25, 0.3) is 16.6 Å². The molecule has 1 aliphatic rings. The van der Waals surface area contributed by atoms with E-state index in [0.29, 0.717) is 16.8 Å². The Morgan fingerprint density at radius 3 is 2.69 bits per heavy atom. The minimum atomic E-state index is -3.08. The molecule has 8 heteroatoms. The van der Waals surface area contributed by atoms with Crippen LogP contribution in [0.1, 0.15) is 16.8 Å². The summed E-state index contributed by atoms with van der Waals surface area (Å²) in [5.74, 6) is -3.31. The Morgan fingerprint density at radius 1 is 1.03 bits per heavy atom. The first-order valence-corrected chi connectivity index (χ1v) is 10.3. The van der Waals surface area contributed by atoms with Crippen LogP contribution in [-0.4, -0.2) is 50.7 Å². The Bertz CT molecular complexity index is 1260. The first-order valence-electron chi connectivity index (χ1n) is 10.3. The molecule has 1 unspecified atom stereocenters. The van der Waals surface area contributed by atoms with Crippen molar-refractivity contribution < 1.29 is 18.3 Å². The number of amides is 1. The maximum atomic E-state index is 14.7. The lowest BCUT2D eigenvalue weighted by atomic mass is 10.0. The molecule has 3 heterocycles. The molecule has 1 aliphatic heterocycles. The van der Waals surface area contributed by atoms with Crippen molar-refractivity contribution in [1.29, 1.82) is 0 Å². The van der Waals surface area contributed by atoms with Crippen LogP contribution in [0.2, 0.25) is 0 Å². The molecular formula is C24H20F2N4O2. The van der Waals surface area contributed by atoms with Crippen molar-refractivity contribution in [3.8, 4) is 11.6 Å². The number of para-hydroxylation sites is 2. The van der Waals surface area contributed by atoms with Gasteiger partial charge in [-0.05, 0) is 30.3 Å². The van der Waals surface area contributed by atoms with Crippen molar-refractivity contribution in [2.75, 3.05) is 13.1 Å². The van der Waals surface area contributed by atoms with E-state index >= 15 is 0 Å². The third-order valence-corrected chi connectivity index (χ3v) is 5.58. The number of alkyl halides is 2. The van der Waals surface area contributed by atoms with Crippen LogP contribution in [0.15, 0.2) is 79.1 Å². The molecule has 0 aliphatic carbocycles. The zero-order valence-corrected chi connectivity index (χ0v) is 17.1. The molecule has 32 heavy (non-hydrogen) atoms. The standard InChI is InChI=1S/C24H20F2N4O2/c25-24(26)12-15-29(23(31)18-7-2-4-9-20(18)30-14-5-13-27-30)16-21(24)32-22-11-10-17-6-1-3-8-19(17)28-22/h1-11,13-14,21H,12,15-16H2. The maximum absolute atomic E-state index is 14.7. The van der Waals surface area contributed by atoms with E-state index in [0.717, 1.165) is 5.39 Å². The number of hydrogen-bond acceptors (Lipinski definition) is 4. The highest BCUT2D eigenvalue weighted by atomic mass is 19.3. The van der Waals surface area contributed by atoms with Crippen molar-refractivity contribution in [2.24, 2.45) is 0 Å². The summed E-state index contributed by atoms with van der Waals surface area (Å²) in [7, 11) is 0. The topological polar surface area (TPSA) is 60.2 Å².